The van der Waals surface area contributed by atoms with E-state index in [0.717, 1.165) is 5.56 Å². The third-order valence-corrected chi connectivity index (χ3v) is 6.79. The second-order valence-electron chi connectivity index (χ2n) is 10.4. The van der Waals surface area contributed by atoms with E-state index in [9.17, 15) is 29.4 Å². The quantitative estimate of drug-likeness (QED) is 0.0543. The third kappa shape index (κ3) is 13.1. The molecule has 0 aliphatic carbocycles. The van der Waals surface area contributed by atoms with Gasteiger partial charge in [0.2, 0.25) is 17.7 Å². The smallest absolute Gasteiger partial charge is 0.326 e. The van der Waals surface area contributed by atoms with Gasteiger partial charge in [-0.2, -0.15) is 0 Å². The first-order chi connectivity index (χ1) is 21.0. The van der Waals surface area contributed by atoms with E-state index in [0.29, 0.717) is 31.4 Å². The molecule has 0 heterocycles. The number of nitrogens with two attached hydrogens (primary N) is 4. The minimum Gasteiger partial charge on any atom is -0.508 e. The van der Waals surface area contributed by atoms with E-state index in [1.165, 1.54) is 12.1 Å². The van der Waals surface area contributed by atoms with Crippen LogP contribution in [-0.4, -0.2) is 77.1 Å². The lowest BCUT2D eigenvalue weighted by atomic mass is 10.0. The molecular weight excluding hydrogens is 568 g/mol. The van der Waals surface area contributed by atoms with Gasteiger partial charge < -0.3 is 49.1 Å². The van der Waals surface area contributed by atoms with Crippen LogP contribution >= 0.6 is 0 Å². The monoisotopic (exact) mass is 612 g/mol. The van der Waals surface area contributed by atoms with Gasteiger partial charge in [0.25, 0.3) is 0 Å². The summed E-state index contributed by atoms with van der Waals surface area (Å²) in [5.74, 6) is -3.22. The Kier molecular flexibility index (Phi) is 15.1. The summed E-state index contributed by atoms with van der Waals surface area (Å²) >= 11 is 0. The van der Waals surface area contributed by atoms with Gasteiger partial charge in [-0.15, -0.1) is 0 Å². The number of carboxylic acid groups (broad SMARTS) is 1. The number of carbonyl (C=O) groups excluding carboxylic acids is 3. The van der Waals surface area contributed by atoms with Gasteiger partial charge in [-0.1, -0.05) is 42.5 Å². The van der Waals surface area contributed by atoms with Crippen molar-refractivity contribution in [3.8, 4) is 5.75 Å². The average Bonchev–Trinajstić information content (AvgIpc) is 2.99. The zero-order valence-electron chi connectivity index (χ0n) is 24.7. The predicted octanol–water partition coefficient (Wildman–Crippen LogP) is -0.774. The Labute approximate surface area is 256 Å². The highest BCUT2D eigenvalue weighted by atomic mass is 16.4. The number of aliphatic imine (C=N–C) groups is 1. The Morgan fingerprint density at radius 2 is 1.27 bits per heavy atom. The third-order valence-electron chi connectivity index (χ3n) is 6.79. The maximum absolute atomic E-state index is 13.7. The molecule has 2 aromatic carbocycles. The second-order valence-corrected chi connectivity index (χ2v) is 10.4. The van der Waals surface area contributed by atoms with Crippen molar-refractivity contribution in [1.82, 2.24) is 16.0 Å². The number of hydrogen-bond acceptors (Lipinski definition) is 8. The van der Waals surface area contributed by atoms with E-state index >= 15 is 0 Å². The number of amides is 3. The van der Waals surface area contributed by atoms with Crippen molar-refractivity contribution in [2.45, 2.75) is 69.1 Å². The molecular formula is C30H44N8O6. The number of rotatable bonds is 19. The number of benzene rings is 2. The largest absolute Gasteiger partial charge is 0.508 e. The van der Waals surface area contributed by atoms with Crippen molar-refractivity contribution in [3.05, 3.63) is 65.7 Å². The molecule has 0 saturated heterocycles. The summed E-state index contributed by atoms with van der Waals surface area (Å²) < 4.78 is 0. The number of hydrogen-bond donors (Lipinski definition) is 9. The molecule has 2 rings (SSSR count). The van der Waals surface area contributed by atoms with Gasteiger partial charge in [0.1, 0.15) is 23.9 Å². The highest BCUT2D eigenvalue weighted by Crippen LogP contribution is 2.13. The zero-order chi connectivity index (χ0) is 32.5. The summed E-state index contributed by atoms with van der Waals surface area (Å²) in [5, 5.41) is 27.2. The molecule has 0 radical (unpaired) electrons. The molecule has 0 bridgehead atoms. The fourth-order valence-corrected chi connectivity index (χ4v) is 4.36. The van der Waals surface area contributed by atoms with Gasteiger partial charge in [-0.05, 0) is 61.9 Å². The molecule has 0 spiro atoms. The molecule has 2 aromatic rings. The highest BCUT2D eigenvalue weighted by molar-refractivity contribution is 5.94. The molecule has 14 nitrogen and oxygen atoms in total. The first-order valence-electron chi connectivity index (χ1n) is 14.5. The zero-order valence-corrected chi connectivity index (χ0v) is 24.7. The number of phenolic OH excluding ortho intramolecular Hbond substituents is 1. The fraction of sp³-hybridized carbons (Fsp3) is 0.433. The SMILES string of the molecule is NCCCCC(NC(=O)C(Cc1ccc(O)cc1)NC(=O)C(Cc1ccccc1)NC(=O)C(N)CCCN=C(N)N)C(=O)O. The van der Waals surface area contributed by atoms with E-state index in [2.05, 4.69) is 20.9 Å². The van der Waals surface area contributed by atoms with Crippen LogP contribution in [0.15, 0.2) is 59.6 Å². The minimum absolute atomic E-state index is 0.0106. The van der Waals surface area contributed by atoms with E-state index in [4.69, 9.17) is 22.9 Å². The topological polar surface area (TPSA) is 261 Å². The highest BCUT2D eigenvalue weighted by Gasteiger charge is 2.30. The predicted molar refractivity (Wildman–Crippen MR) is 166 cm³/mol. The standard InChI is InChI=1S/C30H44N8O6/c31-15-5-4-10-23(29(43)44)36-27(41)25(18-20-11-13-21(39)14-12-20)38-28(42)24(17-19-7-2-1-3-8-19)37-26(40)22(32)9-6-16-35-30(33)34/h1-3,7-8,11-14,22-25,39H,4-6,9-10,15-18,31-32H2,(H,36,41)(H,37,40)(H,38,42)(H,43,44)(H4,33,34,35). The molecule has 3 amide bonds. The molecule has 240 valence electrons. The van der Waals surface area contributed by atoms with Crippen LogP contribution in [0, 0.1) is 0 Å². The van der Waals surface area contributed by atoms with Crippen molar-refractivity contribution in [1.29, 1.82) is 0 Å². The Morgan fingerprint density at radius 1 is 0.727 bits per heavy atom. The Morgan fingerprint density at radius 3 is 1.82 bits per heavy atom. The van der Waals surface area contributed by atoms with Crippen molar-refractivity contribution in [2.24, 2.45) is 27.9 Å². The normalized spacial score (nSPS) is 13.5. The molecule has 0 aromatic heterocycles. The number of carbonyl (C=O) groups is 4. The van der Waals surface area contributed by atoms with Crippen LogP contribution in [0.3, 0.4) is 0 Å². The van der Waals surface area contributed by atoms with Gasteiger partial charge >= 0.3 is 5.97 Å². The number of aliphatic carboxylic acids is 1. The lowest BCUT2D eigenvalue weighted by Gasteiger charge is -2.25. The number of nitrogens with one attached hydrogen (secondary N) is 3. The number of nitrogens with zero attached hydrogens (tertiary/aromatic N) is 1. The van der Waals surface area contributed by atoms with Crippen LogP contribution in [0.1, 0.15) is 43.2 Å². The van der Waals surface area contributed by atoms with Crippen LogP contribution in [0.25, 0.3) is 0 Å². The van der Waals surface area contributed by atoms with Crippen molar-refractivity contribution >= 4 is 29.7 Å². The number of phenols is 1. The summed E-state index contributed by atoms with van der Waals surface area (Å²) in [6.07, 6.45) is 2.02. The first kappa shape index (κ1) is 35.5. The van der Waals surface area contributed by atoms with Gasteiger partial charge in [-0.25, -0.2) is 4.79 Å². The van der Waals surface area contributed by atoms with E-state index in [-0.39, 0.29) is 43.9 Å². The molecule has 4 unspecified atom stereocenters. The maximum Gasteiger partial charge on any atom is 0.326 e. The molecule has 4 atom stereocenters. The van der Waals surface area contributed by atoms with Crippen LogP contribution in [-0.2, 0) is 32.0 Å². The molecule has 14 heteroatoms. The molecule has 0 fully saturated rings. The summed E-state index contributed by atoms with van der Waals surface area (Å²) in [6, 6.07) is 10.6. The van der Waals surface area contributed by atoms with Crippen LogP contribution < -0.4 is 38.9 Å². The van der Waals surface area contributed by atoms with E-state index < -0.39 is 47.9 Å². The Balaban J connectivity index is 2.26. The number of unbranched alkanes of at least 4 members (excludes halogenated alkanes) is 1. The maximum atomic E-state index is 13.7. The molecule has 0 aliphatic rings. The number of guanidine groups is 1. The fourth-order valence-electron chi connectivity index (χ4n) is 4.36. The lowest BCUT2D eigenvalue weighted by Crippen LogP contribution is -2.58. The van der Waals surface area contributed by atoms with Gasteiger partial charge in [-0.3, -0.25) is 19.4 Å². The molecule has 0 aliphatic heterocycles. The van der Waals surface area contributed by atoms with Crippen LogP contribution in [0.5, 0.6) is 5.75 Å². The molecule has 44 heavy (non-hydrogen) atoms. The van der Waals surface area contributed by atoms with Crippen molar-refractivity contribution in [2.75, 3.05) is 13.1 Å². The van der Waals surface area contributed by atoms with Gasteiger partial charge in [0.05, 0.1) is 6.04 Å². The lowest BCUT2D eigenvalue weighted by molar-refractivity contribution is -0.142. The van der Waals surface area contributed by atoms with Gasteiger partial charge in [0, 0.05) is 19.4 Å². The van der Waals surface area contributed by atoms with Crippen molar-refractivity contribution in [3.63, 3.8) is 0 Å². The van der Waals surface area contributed by atoms with Crippen LogP contribution in [0.4, 0.5) is 0 Å². The Bertz CT molecular complexity index is 1240. The van der Waals surface area contributed by atoms with Crippen LogP contribution in [0.2, 0.25) is 0 Å². The summed E-state index contributed by atoms with van der Waals surface area (Å²) in [5.41, 5.74) is 23.6. The summed E-state index contributed by atoms with van der Waals surface area (Å²) in [4.78, 5) is 55.8. The minimum atomic E-state index is -1.21. The first-order valence-corrected chi connectivity index (χ1v) is 14.5. The van der Waals surface area contributed by atoms with E-state index in [1.54, 1.807) is 36.4 Å². The second kappa shape index (κ2) is 18.8. The number of carboxylic acids is 1. The number of aromatic hydroxyl groups is 1. The molecule has 13 N–H and O–H groups in total. The summed E-state index contributed by atoms with van der Waals surface area (Å²) in [7, 11) is 0. The summed E-state index contributed by atoms with van der Waals surface area (Å²) in [6.45, 7) is 0.670. The van der Waals surface area contributed by atoms with Crippen molar-refractivity contribution < 1.29 is 29.4 Å². The molecule has 0 saturated carbocycles. The van der Waals surface area contributed by atoms with E-state index in [1.807, 2.05) is 6.07 Å². The van der Waals surface area contributed by atoms with Gasteiger partial charge in [0.15, 0.2) is 5.96 Å². The Hall–Kier alpha value is -4.69. The average molecular weight is 613 g/mol.